The first-order valence-corrected chi connectivity index (χ1v) is 3.91. The molecular formula is C8H17NO. The average Bonchev–Trinajstić information content (AvgIpc) is 1.84. The van der Waals surface area contributed by atoms with Crippen LogP contribution in [0.2, 0.25) is 0 Å². The molecule has 0 aromatic carbocycles. The van der Waals surface area contributed by atoms with Crippen molar-refractivity contribution in [2.24, 2.45) is 5.41 Å². The molecule has 1 fully saturated rings. The lowest BCUT2D eigenvalue weighted by molar-refractivity contribution is -0.139. The minimum absolute atomic E-state index is 0.546. The first kappa shape index (κ1) is 8.02. The van der Waals surface area contributed by atoms with Gasteiger partial charge in [-0.1, -0.05) is 13.3 Å². The van der Waals surface area contributed by atoms with Crippen molar-refractivity contribution in [3.8, 4) is 0 Å². The Morgan fingerprint density at radius 2 is 2.10 bits per heavy atom. The lowest BCUT2D eigenvalue weighted by Gasteiger charge is -2.40. The zero-order chi connectivity index (χ0) is 7.61. The lowest BCUT2D eigenvalue weighted by Crippen LogP contribution is -2.37. The van der Waals surface area contributed by atoms with Gasteiger partial charge in [-0.2, -0.15) is 5.06 Å². The standard InChI is InChI=1S/C8H17NO/c1-8(5-4-6-8)7-9(2)10-3/h4-7H2,1-3H3. The summed E-state index contributed by atoms with van der Waals surface area (Å²) in [5.41, 5.74) is 0.546. The van der Waals surface area contributed by atoms with Gasteiger partial charge in [0.05, 0.1) is 7.11 Å². The molecular weight excluding hydrogens is 126 g/mol. The lowest BCUT2D eigenvalue weighted by atomic mass is 9.70. The van der Waals surface area contributed by atoms with Crippen LogP contribution in [0.4, 0.5) is 0 Å². The molecule has 0 bridgehead atoms. The number of hydrogen-bond acceptors (Lipinski definition) is 2. The van der Waals surface area contributed by atoms with Gasteiger partial charge in [-0.05, 0) is 18.3 Å². The van der Waals surface area contributed by atoms with Crippen LogP contribution in [0.25, 0.3) is 0 Å². The Morgan fingerprint density at radius 3 is 2.40 bits per heavy atom. The second kappa shape index (κ2) is 2.89. The van der Waals surface area contributed by atoms with Gasteiger partial charge in [-0.15, -0.1) is 0 Å². The van der Waals surface area contributed by atoms with Crippen LogP contribution in [0.15, 0.2) is 0 Å². The molecule has 0 saturated heterocycles. The van der Waals surface area contributed by atoms with Gasteiger partial charge in [-0.3, -0.25) is 0 Å². The van der Waals surface area contributed by atoms with Crippen molar-refractivity contribution in [2.45, 2.75) is 26.2 Å². The molecule has 0 N–H and O–H groups in total. The van der Waals surface area contributed by atoms with E-state index in [0.29, 0.717) is 5.41 Å². The SMILES string of the molecule is CON(C)CC1(C)CCC1. The van der Waals surface area contributed by atoms with E-state index in [1.54, 1.807) is 7.11 Å². The third kappa shape index (κ3) is 1.70. The summed E-state index contributed by atoms with van der Waals surface area (Å²) in [6, 6.07) is 0. The van der Waals surface area contributed by atoms with E-state index in [0.717, 1.165) is 6.54 Å². The molecule has 1 rings (SSSR count). The van der Waals surface area contributed by atoms with E-state index < -0.39 is 0 Å². The van der Waals surface area contributed by atoms with Crippen LogP contribution in [0, 0.1) is 5.41 Å². The van der Waals surface area contributed by atoms with Crippen molar-refractivity contribution in [3.63, 3.8) is 0 Å². The van der Waals surface area contributed by atoms with Gasteiger partial charge in [-0.25, -0.2) is 0 Å². The molecule has 0 heterocycles. The molecule has 0 aromatic rings. The molecule has 1 aliphatic carbocycles. The van der Waals surface area contributed by atoms with E-state index in [9.17, 15) is 0 Å². The van der Waals surface area contributed by atoms with Crippen molar-refractivity contribution in [2.75, 3.05) is 20.7 Å². The zero-order valence-corrected chi connectivity index (χ0v) is 7.18. The Bertz CT molecular complexity index is 110. The third-order valence-corrected chi connectivity index (χ3v) is 2.48. The molecule has 1 aliphatic rings. The normalized spacial score (nSPS) is 22.8. The summed E-state index contributed by atoms with van der Waals surface area (Å²) < 4.78 is 0. The van der Waals surface area contributed by atoms with Crippen LogP contribution in [0.5, 0.6) is 0 Å². The summed E-state index contributed by atoms with van der Waals surface area (Å²) in [5, 5.41) is 1.92. The molecule has 10 heavy (non-hydrogen) atoms. The fourth-order valence-electron chi connectivity index (χ4n) is 1.54. The van der Waals surface area contributed by atoms with Gasteiger partial charge in [0.2, 0.25) is 0 Å². The molecule has 0 aliphatic heterocycles. The van der Waals surface area contributed by atoms with Crippen molar-refractivity contribution >= 4 is 0 Å². The third-order valence-electron chi connectivity index (χ3n) is 2.48. The minimum Gasteiger partial charge on any atom is -0.303 e. The zero-order valence-electron chi connectivity index (χ0n) is 7.18. The van der Waals surface area contributed by atoms with Crippen LogP contribution >= 0.6 is 0 Å². The smallest absolute Gasteiger partial charge is 0.0575 e. The van der Waals surface area contributed by atoms with Crippen molar-refractivity contribution < 1.29 is 4.84 Å². The fraction of sp³-hybridized carbons (Fsp3) is 1.00. The number of rotatable bonds is 3. The highest BCUT2D eigenvalue weighted by atomic mass is 16.7. The van der Waals surface area contributed by atoms with E-state index in [-0.39, 0.29) is 0 Å². The summed E-state index contributed by atoms with van der Waals surface area (Å²) in [4.78, 5) is 5.06. The highest BCUT2D eigenvalue weighted by molar-refractivity contribution is 4.84. The molecule has 0 amide bonds. The van der Waals surface area contributed by atoms with Crippen LogP contribution in [0.1, 0.15) is 26.2 Å². The van der Waals surface area contributed by atoms with E-state index in [2.05, 4.69) is 6.92 Å². The summed E-state index contributed by atoms with van der Waals surface area (Å²) in [7, 11) is 3.71. The van der Waals surface area contributed by atoms with Crippen LogP contribution in [0.3, 0.4) is 0 Å². The van der Waals surface area contributed by atoms with Crippen molar-refractivity contribution in [3.05, 3.63) is 0 Å². The highest BCUT2D eigenvalue weighted by Gasteiger charge is 2.32. The van der Waals surface area contributed by atoms with Gasteiger partial charge in [0.1, 0.15) is 0 Å². The van der Waals surface area contributed by atoms with Gasteiger partial charge in [0, 0.05) is 13.6 Å². The van der Waals surface area contributed by atoms with Crippen LogP contribution < -0.4 is 0 Å². The van der Waals surface area contributed by atoms with Crippen molar-refractivity contribution in [1.82, 2.24) is 5.06 Å². The fourth-order valence-corrected chi connectivity index (χ4v) is 1.54. The molecule has 0 unspecified atom stereocenters. The highest BCUT2D eigenvalue weighted by Crippen LogP contribution is 2.40. The largest absolute Gasteiger partial charge is 0.303 e. The van der Waals surface area contributed by atoms with Gasteiger partial charge in [0.15, 0.2) is 0 Å². The van der Waals surface area contributed by atoms with Crippen LogP contribution in [-0.4, -0.2) is 25.8 Å². The Balaban J connectivity index is 2.22. The Labute approximate surface area is 63.1 Å². The van der Waals surface area contributed by atoms with E-state index in [1.807, 2.05) is 12.1 Å². The second-order valence-corrected chi connectivity index (χ2v) is 3.63. The minimum atomic E-state index is 0.546. The molecule has 0 spiro atoms. The maximum atomic E-state index is 5.06. The maximum Gasteiger partial charge on any atom is 0.0575 e. The Kier molecular flexibility index (Phi) is 2.32. The predicted molar refractivity (Wildman–Crippen MR) is 41.6 cm³/mol. The molecule has 0 aromatic heterocycles. The molecule has 2 nitrogen and oxygen atoms in total. The van der Waals surface area contributed by atoms with Gasteiger partial charge < -0.3 is 4.84 Å². The second-order valence-electron chi connectivity index (χ2n) is 3.63. The van der Waals surface area contributed by atoms with Gasteiger partial charge >= 0.3 is 0 Å². The summed E-state index contributed by atoms with van der Waals surface area (Å²) >= 11 is 0. The number of nitrogens with zero attached hydrogens (tertiary/aromatic N) is 1. The predicted octanol–water partition coefficient (Wildman–Crippen LogP) is 1.67. The molecule has 0 atom stereocenters. The molecule has 1 saturated carbocycles. The summed E-state index contributed by atoms with van der Waals surface area (Å²) in [6.07, 6.45) is 4.12. The van der Waals surface area contributed by atoms with E-state index in [1.165, 1.54) is 19.3 Å². The van der Waals surface area contributed by atoms with E-state index in [4.69, 9.17) is 4.84 Å². The van der Waals surface area contributed by atoms with Gasteiger partial charge in [0.25, 0.3) is 0 Å². The number of hydrogen-bond donors (Lipinski definition) is 0. The van der Waals surface area contributed by atoms with Crippen molar-refractivity contribution in [1.29, 1.82) is 0 Å². The average molecular weight is 143 g/mol. The Morgan fingerprint density at radius 1 is 1.50 bits per heavy atom. The molecule has 2 heteroatoms. The molecule has 60 valence electrons. The first-order chi connectivity index (χ1) is 4.66. The monoisotopic (exact) mass is 143 g/mol. The topological polar surface area (TPSA) is 12.5 Å². The maximum absolute atomic E-state index is 5.06. The quantitative estimate of drug-likeness (QED) is 0.557. The summed E-state index contributed by atoms with van der Waals surface area (Å²) in [6.45, 7) is 3.40. The number of hydroxylamine groups is 2. The molecule has 0 radical (unpaired) electrons. The summed E-state index contributed by atoms with van der Waals surface area (Å²) in [5.74, 6) is 0. The van der Waals surface area contributed by atoms with E-state index >= 15 is 0 Å². The Hall–Kier alpha value is -0.0800. The first-order valence-electron chi connectivity index (χ1n) is 3.91. The van der Waals surface area contributed by atoms with Crippen LogP contribution in [-0.2, 0) is 4.84 Å².